The molecule has 1 amide bonds. The van der Waals surface area contributed by atoms with Crippen LogP contribution in [0.3, 0.4) is 0 Å². The first kappa shape index (κ1) is 15.9. The lowest BCUT2D eigenvalue weighted by atomic mass is 10.1. The van der Waals surface area contributed by atoms with Crippen LogP contribution >= 0.6 is 0 Å². The second-order valence-corrected chi connectivity index (χ2v) is 5.41. The lowest BCUT2D eigenvalue weighted by Gasteiger charge is -2.12. The van der Waals surface area contributed by atoms with E-state index in [-0.39, 0.29) is 5.91 Å². The lowest BCUT2D eigenvalue weighted by Crippen LogP contribution is -2.23. The number of hydrogen-bond acceptors (Lipinski definition) is 3. The van der Waals surface area contributed by atoms with E-state index in [4.69, 9.17) is 9.47 Å². The van der Waals surface area contributed by atoms with Gasteiger partial charge in [-0.25, -0.2) is 0 Å². The molecule has 0 heterocycles. The van der Waals surface area contributed by atoms with Crippen LogP contribution in [0.15, 0.2) is 60.7 Å². The second kappa shape index (κ2) is 7.04. The van der Waals surface area contributed by atoms with Crippen molar-refractivity contribution in [1.29, 1.82) is 0 Å². The molecule has 3 aromatic rings. The molecule has 0 atom stereocenters. The molecule has 4 heteroatoms. The van der Waals surface area contributed by atoms with Crippen molar-refractivity contribution in [2.75, 3.05) is 14.2 Å². The van der Waals surface area contributed by atoms with E-state index >= 15 is 0 Å². The largest absolute Gasteiger partial charge is 0.493 e. The van der Waals surface area contributed by atoms with Gasteiger partial charge in [0, 0.05) is 6.54 Å². The summed E-state index contributed by atoms with van der Waals surface area (Å²) in [4.78, 5) is 12.5. The second-order valence-electron chi connectivity index (χ2n) is 5.41. The standard InChI is InChI=1S/C20H19NO3/c1-23-18-9-5-8-17(19(18)24-2)20(22)21-13-14-10-11-15-6-3-4-7-16(15)12-14/h3-12H,13H2,1-2H3,(H,21,22). The van der Waals surface area contributed by atoms with Crippen LogP contribution in [0.1, 0.15) is 15.9 Å². The molecule has 0 saturated heterocycles. The number of carbonyl (C=O) groups is 1. The van der Waals surface area contributed by atoms with Crippen LogP contribution in [0.4, 0.5) is 0 Å². The zero-order chi connectivity index (χ0) is 16.9. The maximum Gasteiger partial charge on any atom is 0.255 e. The molecule has 0 bridgehead atoms. The number of nitrogens with one attached hydrogen (secondary N) is 1. The minimum atomic E-state index is -0.195. The number of carbonyl (C=O) groups excluding carboxylic acids is 1. The normalized spacial score (nSPS) is 10.4. The number of amides is 1. The molecular formula is C20H19NO3. The van der Waals surface area contributed by atoms with E-state index < -0.39 is 0 Å². The van der Waals surface area contributed by atoms with Crippen molar-refractivity contribution in [3.8, 4) is 11.5 Å². The molecule has 0 radical (unpaired) electrons. The van der Waals surface area contributed by atoms with E-state index in [0.717, 1.165) is 10.9 Å². The summed E-state index contributed by atoms with van der Waals surface area (Å²) in [6, 6.07) is 19.6. The molecular weight excluding hydrogens is 302 g/mol. The van der Waals surface area contributed by atoms with Gasteiger partial charge in [-0.1, -0.05) is 42.5 Å². The molecule has 0 fully saturated rings. The van der Waals surface area contributed by atoms with Gasteiger partial charge in [-0.2, -0.15) is 0 Å². The number of fused-ring (bicyclic) bond motifs is 1. The van der Waals surface area contributed by atoms with Crippen molar-refractivity contribution in [2.24, 2.45) is 0 Å². The van der Waals surface area contributed by atoms with Gasteiger partial charge in [0.1, 0.15) is 0 Å². The number of ether oxygens (including phenoxy) is 2. The fourth-order valence-electron chi connectivity index (χ4n) is 2.69. The minimum Gasteiger partial charge on any atom is -0.493 e. The molecule has 0 saturated carbocycles. The predicted molar refractivity (Wildman–Crippen MR) is 94.7 cm³/mol. The molecule has 4 nitrogen and oxygen atoms in total. The van der Waals surface area contributed by atoms with Crippen LogP contribution in [0.2, 0.25) is 0 Å². The third-order valence-electron chi connectivity index (χ3n) is 3.91. The number of rotatable bonds is 5. The first-order valence-corrected chi connectivity index (χ1v) is 7.70. The van der Waals surface area contributed by atoms with E-state index in [1.807, 2.05) is 18.2 Å². The summed E-state index contributed by atoms with van der Waals surface area (Å²) in [6.07, 6.45) is 0. The number of methoxy groups -OCH3 is 2. The highest BCUT2D eigenvalue weighted by Crippen LogP contribution is 2.30. The molecule has 0 aliphatic heterocycles. The van der Waals surface area contributed by atoms with Gasteiger partial charge in [0.05, 0.1) is 19.8 Å². The van der Waals surface area contributed by atoms with Crippen molar-refractivity contribution in [2.45, 2.75) is 6.54 Å². The Bertz CT molecular complexity index is 874. The highest BCUT2D eigenvalue weighted by molar-refractivity contribution is 5.97. The van der Waals surface area contributed by atoms with Crippen LogP contribution < -0.4 is 14.8 Å². The highest BCUT2D eigenvalue weighted by Gasteiger charge is 2.15. The Labute approximate surface area is 141 Å². The van der Waals surface area contributed by atoms with Crippen LogP contribution in [0, 0.1) is 0 Å². The van der Waals surface area contributed by atoms with Gasteiger partial charge in [0.15, 0.2) is 11.5 Å². The number of benzene rings is 3. The molecule has 1 N–H and O–H groups in total. The Balaban J connectivity index is 1.77. The van der Waals surface area contributed by atoms with Crippen molar-refractivity contribution >= 4 is 16.7 Å². The smallest absolute Gasteiger partial charge is 0.255 e. The Kier molecular flexibility index (Phi) is 4.66. The molecule has 3 aromatic carbocycles. The Hall–Kier alpha value is -3.01. The highest BCUT2D eigenvalue weighted by atomic mass is 16.5. The van der Waals surface area contributed by atoms with Crippen molar-refractivity contribution in [1.82, 2.24) is 5.32 Å². The lowest BCUT2D eigenvalue weighted by molar-refractivity contribution is 0.0947. The van der Waals surface area contributed by atoms with E-state index in [2.05, 4.69) is 29.6 Å². The summed E-state index contributed by atoms with van der Waals surface area (Å²) in [5.41, 5.74) is 1.50. The van der Waals surface area contributed by atoms with Crippen molar-refractivity contribution in [3.05, 3.63) is 71.8 Å². The summed E-state index contributed by atoms with van der Waals surface area (Å²) >= 11 is 0. The fraction of sp³-hybridized carbons (Fsp3) is 0.150. The summed E-state index contributed by atoms with van der Waals surface area (Å²) < 4.78 is 10.5. The van der Waals surface area contributed by atoms with Crippen LogP contribution in [0.25, 0.3) is 10.8 Å². The van der Waals surface area contributed by atoms with Gasteiger partial charge in [-0.3, -0.25) is 4.79 Å². The fourth-order valence-corrected chi connectivity index (χ4v) is 2.69. The van der Waals surface area contributed by atoms with Gasteiger partial charge >= 0.3 is 0 Å². The molecule has 24 heavy (non-hydrogen) atoms. The van der Waals surface area contributed by atoms with E-state index in [1.165, 1.54) is 12.5 Å². The van der Waals surface area contributed by atoms with Crippen LogP contribution in [-0.2, 0) is 6.54 Å². The maximum atomic E-state index is 12.5. The zero-order valence-corrected chi connectivity index (χ0v) is 13.7. The average Bonchev–Trinajstić information content (AvgIpc) is 2.65. The molecule has 0 spiro atoms. The van der Waals surface area contributed by atoms with Gasteiger partial charge in [-0.05, 0) is 34.5 Å². The maximum absolute atomic E-state index is 12.5. The molecule has 0 aliphatic carbocycles. The van der Waals surface area contributed by atoms with Gasteiger partial charge in [0.2, 0.25) is 0 Å². The van der Waals surface area contributed by atoms with Crippen molar-refractivity contribution in [3.63, 3.8) is 0 Å². The number of para-hydroxylation sites is 1. The SMILES string of the molecule is COc1cccc(C(=O)NCc2ccc3ccccc3c2)c1OC. The van der Waals surface area contributed by atoms with E-state index in [1.54, 1.807) is 25.3 Å². The zero-order valence-electron chi connectivity index (χ0n) is 13.7. The van der Waals surface area contributed by atoms with Crippen molar-refractivity contribution < 1.29 is 14.3 Å². The first-order chi connectivity index (χ1) is 11.7. The first-order valence-electron chi connectivity index (χ1n) is 7.70. The monoisotopic (exact) mass is 321 g/mol. The summed E-state index contributed by atoms with van der Waals surface area (Å²) in [5.74, 6) is 0.783. The third kappa shape index (κ3) is 3.18. The van der Waals surface area contributed by atoms with Gasteiger partial charge in [-0.15, -0.1) is 0 Å². The Morgan fingerprint density at radius 2 is 1.71 bits per heavy atom. The minimum absolute atomic E-state index is 0.195. The number of hydrogen-bond donors (Lipinski definition) is 1. The quantitative estimate of drug-likeness (QED) is 0.778. The molecule has 0 unspecified atom stereocenters. The van der Waals surface area contributed by atoms with E-state index in [9.17, 15) is 4.79 Å². The summed E-state index contributed by atoms with van der Waals surface area (Å²) in [6.45, 7) is 0.448. The van der Waals surface area contributed by atoms with E-state index in [0.29, 0.717) is 23.6 Å². The van der Waals surface area contributed by atoms with Gasteiger partial charge in [0.25, 0.3) is 5.91 Å². The Morgan fingerprint density at radius 1 is 0.917 bits per heavy atom. The summed E-state index contributed by atoms with van der Waals surface area (Å²) in [7, 11) is 3.08. The van der Waals surface area contributed by atoms with Gasteiger partial charge < -0.3 is 14.8 Å². The molecule has 3 rings (SSSR count). The molecule has 122 valence electrons. The molecule has 0 aromatic heterocycles. The third-order valence-corrected chi connectivity index (χ3v) is 3.91. The molecule has 0 aliphatic rings. The summed E-state index contributed by atoms with van der Waals surface area (Å²) in [5, 5.41) is 5.27. The topological polar surface area (TPSA) is 47.6 Å². The predicted octanol–water partition coefficient (Wildman–Crippen LogP) is 3.79. The average molecular weight is 321 g/mol. The Morgan fingerprint density at radius 3 is 2.46 bits per heavy atom. The van der Waals surface area contributed by atoms with Crippen LogP contribution in [0.5, 0.6) is 11.5 Å². The van der Waals surface area contributed by atoms with Crippen LogP contribution in [-0.4, -0.2) is 20.1 Å².